The van der Waals surface area contributed by atoms with E-state index in [1.54, 1.807) is 19.4 Å². The van der Waals surface area contributed by atoms with Crippen molar-refractivity contribution in [2.45, 2.75) is 6.54 Å². The van der Waals surface area contributed by atoms with Gasteiger partial charge in [-0.3, -0.25) is 4.98 Å². The lowest BCUT2D eigenvalue weighted by atomic mass is 10.2. The van der Waals surface area contributed by atoms with Crippen LogP contribution >= 0.6 is 59.4 Å². The molecule has 7 heteroatoms. The summed E-state index contributed by atoms with van der Waals surface area (Å²) in [5.74, 6) is 0.711. The van der Waals surface area contributed by atoms with Crippen LogP contribution in [0.25, 0.3) is 0 Å². The molecule has 0 unspecified atom stereocenters. The van der Waals surface area contributed by atoms with Gasteiger partial charge in [0.2, 0.25) is 0 Å². The fourth-order valence-electron chi connectivity index (χ4n) is 1.65. The second-order valence-corrected chi connectivity index (χ2v) is 6.96. The molecule has 1 aromatic heterocycles. The molecule has 0 aliphatic rings. The number of anilines is 1. The molecule has 0 bridgehead atoms. The molecule has 2 aromatic rings. The number of pyridine rings is 1. The quantitative estimate of drug-likeness (QED) is 0.609. The Labute approximate surface area is 147 Å². The maximum Gasteiger partial charge on any atom is 0.156 e. The van der Waals surface area contributed by atoms with Crippen molar-refractivity contribution in [1.29, 1.82) is 0 Å². The van der Waals surface area contributed by atoms with E-state index in [9.17, 15) is 0 Å². The Hall–Kier alpha value is -0.300. The molecule has 0 radical (unpaired) electrons. The van der Waals surface area contributed by atoms with Gasteiger partial charge in [0.05, 0.1) is 29.5 Å². The van der Waals surface area contributed by atoms with E-state index in [0.717, 1.165) is 24.8 Å². The van der Waals surface area contributed by atoms with E-state index in [1.807, 2.05) is 12.1 Å². The number of nitrogens with one attached hydrogen (secondary N) is 1. The first kappa shape index (κ1) is 16.1. The Morgan fingerprint density at radius 1 is 1.20 bits per heavy atom. The zero-order chi connectivity index (χ0) is 14.7. The van der Waals surface area contributed by atoms with E-state index in [4.69, 9.17) is 16.3 Å². The van der Waals surface area contributed by atoms with Crippen molar-refractivity contribution in [2.24, 2.45) is 0 Å². The minimum Gasteiger partial charge on any atom is -0.493 e. The summed E-state index contributed by atoms with van der Waals surface area (Å²) in [5, 5.41) is 3.90. The van der Waals surface area contributed by atoms with Crippen LogP contribution in [0.4, 0.5) is 5.69 Å². The van der Waals surface area contributed by atoms with Crippen LogP contribution in [0, 0.1) is 0 Å². The Kier molecular flexibility index (Phi) is 5.72. The largest absolute Gasteiger partial charge is 0.493 e. The number of rotatable bonds is 4. The highest BCUT2D eigenvalue weighted by Crippen LogP contribution is 2.36. The average Bonchev–Trinajstić information content (AvgIpc) is 2.37. The monoisotopic (exact) mass is 482 g/mol. The van der Waals surface area contributed by atoms with Crippen molar-refractivity contribution >= 4 is 65.1 Å². The zero-order valence-electron chi connectivity index (χ0n) is 10.4. The Morgan fingerprint density at radius 2 is 1.95 bits per heavy atom. The first-order chi connectivity index (χ1) is 9.51. The molecule has 0 aliphatic carbocycles. The van der Waals surface area contributed by atoms with Gasteiger partial charge in [-0.1, -0.05) is 11.6 Å². The fraction of sp³-hybridized carbons (Fsp3) is 0.154. The molecule has 0 saturated heterocycles. The topological polar surface area (TPSA) is 34.1 Å². The number of aromatic nitrogens is 1. The molecule has 2 rings (SSSR count). The summed E-state index contributed by atoms with van der Waals surface area (Å²) < 4.78 is 8.02. The van der Waals surface area contributed by atoms with E-state index in [-0.39, 0.29) is 0 Å². The second kappa shape index (κ2) is 7.11. The average molecular weight is 485 g/mol. The number of halogens is 4. The predicted octanol–water partition coefficient (Wildman–Crippen LogP) is 5.64. The summed E-state index contributed by atoms with van der Waals surface area (Å²) >= 11 is 16.3. The molecule has 0 atom stereocenters. The molecular weight excluding hydrogens is 475 g/mol. The second-order valence-electron chi connectivity index (χ2n) is 3.90. The van der Waals surface area contributed by atoms with Crippen LogP contribution in [0.2, 0.25) is 5.02 Å². The summed E-state index contributed by atoms with van der Waals surface area (Å²) in [6.45, 7) is 0.553. The number of ether oxygens (including phenoxy) is 1. The van der Waals surface area contributed by atoms with Crippen molar-refractivity contribution in [3.8, 4) is 5.75 Å². The smallest absolute Gasteiger partial charge is 0.156 e. The van der Waals surface area contributed by atoms with Crippen LogP contribution in [0.1, 0.15) is 5.69 Å². The van der Waals surface area contributed by atoms with Crippen molar-refractivity contribution in [1.82, 2.24) is 4.98 Å². The number of methoxy groups -OCH3 is 1. The Bertz CT molecular complexity index is 637. The summed E-state index contributed by atoms with van der Waals surface area (Å²) in [7, 11) is 1.62. The summed E-state index contributed by atoms with van der Waals surface area (Å²) in [4.78, 5) is 4.35. The van der Waals surface area contributed by atoms with Gasteiger partial charge in [0.15, 0.2) is 5.75 Å². The predicted molar refractivity (Wildman–Crippen MR) is 92.7 cm³/mol. The fourth-order valence-corrected chi connectivity index (χ4v) is 3.75. The van der Waals surface area contributed by atoms with E-state index in [0.29, 0.717) is 17.3 Å². The number of nitrogens with zero attached hydrogens (tertiary/aromatic N) is 1. The highest BCUT2D eigenvalue weighted by Gasteiger charge is 2.10. The lowest BCUT2D eigenvalue weighted by molar-refractivity contribution is 0.414. The van der Waals surface area contributed by atoms with Crippen LogP contribution in [0.5, 0.6) is 5.75 Å². The third kappa shape index (κ3) is 3.87. The zero-order valence-corrected chi connectivity index (χ0v) is 15.9. The summed E-state index contributed by atoms with van der Waals surface area (Å²) in [5.41, 5.74) is 1.70. The van der Waals surface area contributed by atoms with Gasteiger partial charge in [0, 0.05) is 20.2 Å². The van der Waals surface area contributed by atoms with E-state index in [1.165, 1.54) is 0 Å². The summed E-state index contributed by atoms with van der Waals surface area (Å²) in [6.07, 6.45) is 1.76. The van der Waals surface area contributed by atoms with Crippen LogP contribution in [-0.2, 0) is 6.54 Å². The Morgan fingerprint density at radius 3 is 2.60 bits per heavy atom. The lowest BCUT2D eigenvalue weighted by Crippen LogP contribution is -2.04. The molecule has 1 aromatic carbocycles. The molecule has 0 fully saturated rings. The number of benzene rings is 1. The molecular formula is C13H10Br3ClN2O. The van der Waals surface area contributed by atoms with E-state index in [2.05, 4.69) is 58.1 Å². The van der Waals surface area contributed by atoms with Gasteiger partial charge in [0.1, 0.15) is 0 Å². The molecule has 106 valence electrons. The lowest BCUT2D eigenvalue weighted by Gasteiger charge is -2.13. The van der Waals surface area contributed by atoms with E-state index < -0.39 is 0 Å². The van der Waals surface area contributed by atoms with Crippen molar-refractivity contribution in [3.63, 3.8) is 0 Å². The number of hydrogen-bond acceptors (Lipinski definition) is 3. The minimum atomic E-state index is 0.553. The van der Waals surface area contributed by atoms with Crippen LogP contribution < -0.4 is 10.1 Å². The molecule has 0 spiro atoms. The van der Waals surface area contributed by atoms with Gasteiger partial charge in [0.25, 0.3) is 0 Å². The molecule has 3 nitrogen and oxygen atoms in total. The Balaban J connectivity index is 2.22. The highest BCUT2D eigenvalue weighted by atomic mass is 79.9. The van der Waals surface area contributed by atoms with Gasteiger partial charge in [-0.15, -0.1) is 0 Å². The normalized spacial score (nSPS) is 10.4. The molecule has 1 heterocycles. The molecule has 0 aliphatic heterocycles. The molecule has 1 N–H and O–H groups in total. The minimum absolute atomic E-state index is 0.553. The van der Waals surface area contributed by atoms with Crippen molar-refractivity contribution < 1.29 is 4.74 Å². The van der Waals surface area contributed by atoms with Crippen molar-refractivity contribution in [3.05, 3.63) is 48.5 Å². The maximum atomic E-state index is 6.06. The van der Waals surface area contributed by atoms with Gasteiger partial charge >= 0.3 is 0 Å². The SMILES string of the molecule is COc1c(Br)cc(Cl)cc1NCc1ncc(Br)cc1Br. The number of hydrogen-bond donors (Lipinski definition) is 1. The van der Waals surface area contributed by atoms with Gasteiger partial charge in [-0.2, -0.15) is 0 Å². The molecule has 0 saturated carbocycles. The summed E-state index contributed by atoms with van der Waals surface area (Å²) in [6, 6.07) is 5.56. The van der Waals surface area contributed by atoms with Crippen LogP contribution in [0.15, 0.2) is 37.8 Å². The molecule has 20 heavy (non-hydrogen) atoms. The van der Waals surface area contributed by atoms with Crippen LogP contribution in [-0.4, -0.2) is 12.1 Å². The first-order valence-corrected chi connectivity index (χ1v) is 8.33. The van der Waals surface area contributed by atoms with Crippen molar-refractivity contribution in [2.75, 3.05) is 12.4 Å². The van der Waals surface area contributed by atoms with Crippen LogP contribution in [0.3, 0.4) is 0 Å². The third-order valence-electron chi connectivity index (χ3n) is 2.54. The first-order valence-electron chi connectivity index (χ1n) is 5.58. The van der Waals surface area contributed by atoms with Gasteiger partial charge in [-0.05, 0) is 66.0 Å². The highest BCUT2D eigenvalue weighted by molar-refractivity contribution is 9.11. The maximum absolute atomic E-state index is 6.06. The standard InChI is InChI=1S/C13H10Br3ClN2O/c1-20-13-10(16)3-8(17)4-11(13)19-6-12-9(15)2-7(14)5-18-12/h2-5,19H,6H2,1H3. The van der Waals surface area contributed by atoms with E-state index >= 15 is 0 Å². The van der Waals surface area contributed by atoms with Gasteiger partial charge < -0.3 is 10.1 Å². The third-order valence-corrected chi connectivity index (χ3v) is 4.47. The van der Waals surface area contributed by atoms with Gasteiger partial charge in [-0.25, -0.2) is 0 Å². The molecule has 0 amide bonds.